The first-order valence-corrected chi connectivity index (χ1v) is 5.33. The van der Waals surface area contributed by atoms with Crippen molar-refractivity contribution in [2.24, 2.45) is 5.73 Å². The molecule has 0 bridgehead atoms. The van der Waals surface area contributed by atoms with Crippen LogP contribution in [0.3, 0.4) is 0 Å². The Kier molecular flexibility index (Phi) is 4.68. The van der Waals surface area contributed by atoms with Crippen LogP contribution >= 0.6 is 0 Å². The Morgan fingerprint density at radius 1 is 1.47 bits per heavy atom. The number of aromatic nitrogens is 2. The maximum absolute atomic E-state index is 12.3. The summed E-state index contributed by atoms with van der Waals surface area (Å²) < 4.78 is 37.0. The molecule has 0 radical (unpaired) electrons. The molecule has 1 atom stereocenters. The number of nitrogens with two attached hydrogens (primary N) is 1. The van der Waals surface area contributed by atoms with E-state index >= 15 is 0 Å². The van der Waals surface area contributed by atoms with Crippen LogP contribution in [0.2, 0.25) is 0 Å². The van der Waals surface area contributed by atoms with E-state index in [-0.39, 0.29) is 12.0 Å². The van der Waals surface area contributed by atoms with Crippen LogP contribution in [0.4, 0.5) is 19.1 Å². The topological polar surface area (TPSA) is 63.8 Å². The van der Waals surface area contributed by atoms with Gasteiger partial charge in [-0.2, -0.15) is 13.2 Å². The Labute approximate surface area is 97.4 Å². The summed E-state index contributed by atoms with van der Waals surface area (Å²) in [6.45, 7) is 2.34. The van der Waals surface area contributed by atoms with Crippen molar-refractivity contribution < 1.29 is 13.2 Å². The number of hydrogen-bond acceptors (Lipinski definition) is 4. The van der Waals surface area contributed by atoms with Gasteiger partial charge in [-0.05, 0) is 12.5 Å². The van der Waals surface area contributed by atoms with Gasteiger partial charge in [0.25, 0.3) is 0 Å². The van der Waals surface area contributed by atoms with Crippen molar-refractivity contribution in [3.05, 3.63) is 18.0 Å². The summed E-state index contributed by atoms with van der Waals surface area (Å²) >= 11 is 0. The minimum absolute atomic E-state index is 0.0496. The number of rotatable bonds is 5. The summed E-state index contributed by atoms with van der Waals surface area (Å²) in [6.07, 6.45) is -1.66. The first-order valence-electron chi connectivity index (χ1n) is 5.33. The summed E-state index contributed by atoms with van der Waals surface area (Å²) in [5.74, 6) is -0.0496. The number of halogens is 3. The lowest BCUT2D eigenvalue weighted by molar-refractivity contribution is -0.141. The predicted octanol–water partition coefficient (Wildman–Crippen LogP) is 2.03. The van der Waals surface area contributed by atoms with E-state index in [4.69, 9.17) is 5.73 Å². The molecule has 1 aromatic rings. The molecular weight excluding hydrogens is 233 g/mol. The lowest BCUT2D eigenvalue weighted by atomic mass is 10.2. The third-order valence-corrected chi connectivity index (χ3v) is 2.13. The normalized spacial score (nSPS) is 13.5. The van der Waals surface area contributed by atoms with Crippen LogP contribution in [-0.4, -0.2) is 22.6 Å². The Morgan fingerprint density at radius 3 is 2.76 bits per heavy atom. The van der Waals surface area contributed by atoms with Crippen molar-refractivity contribution in [2.75, 3.05) is 11.9 Å². The monoisotopic (exact) mass is 248 g/mol. The van der Waals surface area contributed by atoms with Gasteiger partial charge < -0.3 is 11.1 Å². The molecule has 96 valence electrons. The van der Waals surface area contributed by atoms with E-state index in [0.29, 0.717) is 6.54 Å². The van der Waals surface area contributed by atoms with E-state index in [2.05, 4.69) is 15.3 Å². The van der Waals surface area contributed by atoms with Crippen molar-refractivity contribution in [2.45, 2.75) is 32.0 Å². The molecule has 0 aromatic carbocycles. The Morgan fingerprint density at radius 2 is 2.18 bits per heavy atom. The van der Waals surface area contributed by atoms with Gasteiger partial charge in [0.2, 0.25) is 5.95 Å². The van der Waals surface area contributed by atoms with Gasteiger partial charge in [-0.3, -0.25) is 0 Å². The largest absolute Gasteiger partial charge is 0.433 e. The van der Waals surface area contributed by atoms with Crippen LogP contribution in [0.1, 0.15) is 25.5 Å². The highest BCUT2D eigenvalue weighted by molar-refractivity contribution is 5.26. The van der Waals surface area contributed by atoms with E-state index in [1.165, 1.54) is 0 Å². The highest BCUT2D eigenvalue weighted by Gasteiger charge is 2.32. The van der Waals surface area contributed by atoms with Crippen LogP contribution < -0.4 is 11.1 Å². The molecule has 0 amide bonds. The maximum atomic E-state index is 12.3. The van der Waals surface area contributed by atoms with Crippen molar-refractivity contribution in [1.29, 1.82) is 0 Å². The van der Waals surface area contributed by atoms with Crippen molar-refractivity contribution >= 4 is 5.95 Å². The lowest BCUT2D eigenvalue weighted by Crippen LogP contribution is -2.29. The fraction of sp³-hybridized carbons (Fsp3) is 0.600. The predicted molar refractivity (Wildman–Crippen MR) is 58.4 cm³/mol. The fourth-order valence-electron chi connectivity index (χ4n) is 1.30. The second-order valence-electron chi connectivity index (χ2n) is 3.69. The van der Waals surface area contributed by atoms with Gasteiger partial charge in [0.05, 0.1) is 0 Å². The van der Waals surface area contributed by atoms with Gasteiger partial charge in [0.15, 0.2) is 0 Å². The zero-order chi connectivity index (χ0) is 12.9. The van der Waals surface area contributed by atoms with Crippen LogP contribution in [0.5, 0.6) is 0 Å². The van der Waals surface area contributed by atoms with Gasteiger partial charge in [-0.1, -0.05) is 13.3 Å². The molecule has 1 rings (SSSR count). The van der Waals surface area contributed by atoms with E-state index in [0.717, 1.165) is 25.1 Å². The third kappa shape index (κ3) is 4.56. The van der Waals surface area contributed by atoms with Gasteiger partial charge >= 0.3 is 6.18 Å². The number of anilines is 1. The van der Waals surface area contributed by atoms with Gasteiger partial charge in [-0.25, -0.2) is 9.97 Å². The summed E-state index contributed by atoms with van der Waals surface area (Å²) in [6, 6.07) is 0.718. The highest BCUT2D eigenvalue weighted by atomic mass is 19.4. The summed E-state index contributed by atoms with van der Waals surface area (Å²) in [5.41, 5.74) is 4.76. The second-order valence-corrected chi connectivity index (χ2v) is 3.69. The Balaban J connectivity index is 2.60. The molecule has 1 heterocycles. The second kappa shape index (κ2) is 5.81. The molecule has 17 heavy (non-hydrogen) atoms. The average molecular weight is 248 g/mol. The lowest BCUT2D eigenvalue weighted by Gasteiger charge is -2.12. The zero-order valence-corrected chi connectivity index (χ0v) is 9.46. The molecule has 7 heteroatoms. The molecule has 0 saturated carbocycles. The van der Waals surface area contributed by atoms with Crippen molar-refractivity contribution in [1.82, 2.24) is 9.97 Å². The average Bonchev–Trinajstić information content (AvgIpc) is 2.26. The Hall–Kier alpha value is -1.37. The minimum Gasteiger partial charge on any atom is -0.353 e. The van der Waals surface area contributed by atoms with Crippen LogP contribution in [0.15, 0.2) is 12.3 Å². The first kappa shape index (κ1) is 13.7. The van der Waals surface area contributed by atoms with Gasteiger partial charge in [0.1, 0.15) is 5.69 Å². The minimum atomic E-state index is -4.45. The molecule has 1 unspecified atom stereocenters. The van der Waals surface area contributed by atoms with Crippen molar-refractivity contribution in [3.8, 4) is 0 Å². The molecule has 0 aliphatic carbocycles. The van der Waals surface area contributed by atoms with Gasteiger partial charge in [-0.15, -0.1) is 0 Å². The molecule has 3 N–H and O–H groups in total. The van der Waals surface area contributed by atoms with E-state index in [1.54, 1.807) is 0 Å². The molecule has 0 aliphatic rings. The summed E-state index contributed by atoms with van der Waals surface area (Å²) in [5, 5.41) is 2.69. The van der Waals surface area contributed by atoms with E-state index in [9.17, 15) is 13.2 Å². The van der Waals surface area contributed by atoms with Crippen LogP contribution in [-0.2, 0) is 6.18 Å². The summed E-state index contributed by atoms with van der Waals surface area (Å²) in [4.78, 5) is 7.08. The van der Waals surface area contributed by atoms with Gasteiger partial charge in [0, 0.05) is 18.8 Å². The van der Waals surface area contributed by atoms with E-state index < -0.39 is 11.9 Å². The fourth-order valence-corrected chi connectivity index (χ4v) is 1.30. The number of nitrogens with zero attached hydrogens (tertiary/aromatic N) is 2. The number of nitrogens with one attached hydrogen (secondary N) is 1. The Bertz CT molecular complexity index is 354. The van der Waals surface area contributed by atoms with Crippen molar-refractivity contribution in [3.63, 3.8) is 0 Å². The molecule has 0 fully saturated rings. The molecule has 1 aromatic heterocycles. The van der Waals surface area contributed by atoms with Crippen LogP contribution in [0, 0.1) is 0 Å². The maximum Gasteiger partial charge on any atom is 0.433 e. The smallest absolute Gasteiger partial charge is 0.353 e. The highest BCUT2D eigenvalue weighted by Crippen LogP contribution is 2.27. The molecular formula is C10H15F3N4. The summed E-state index contributed by atoms with van der Waals surface area (Å²) in [7, 11) is 0. The SMILES string of the molecule is CCCC(N)CNc1nccc(C(F)(F)F)n1. The quantitative estimate of drug-likeness (QED) is 0.837. The standard InChI is InChI=1S/C10H15F3N4/c1-2-3-7(14)6-16-9-15-5-4-8(17-9)10(11,12)13/h4-5,7H,2-3,6,14H2,1H3,(H,15,16,17). The molecule has 0 spiro atoms. The first-order chi connectivity index (χ1) is 7.93. The van der Waals surface area contributed by atoms with E-state index in [1.807, 2.05) is 6.92 Å². The molecule has 0 aliphatic heterocycles. The zero-order valence-electron chi connectivity index (χ0n) is 9.46. The molecule has 4 nitrogen and oxygen atoms in total. The molecule has 0 saturated heterocycles. The number of alkyl halides is 3. The number of hydrogen-bond donors (Lipinski definition) is 2. The third-order valence-electron chi connectivity index (χ3n) is 2.13. The van der Waals surface area contributed by atoms with Crippen LogP contribution in [0.25, 0.3) is 0 Å².